The molecular weight excluding hydrogens is 328 g/mol. The summed E-state index contributed by atoms with van der Waals surface area (Å²) in [7, 11) is 0. The first kappa shape index (κ1) is 16.4. The van der Waals surface area contributed by atoms with Crippen LogP contribution < -0.4 is 5.32 Å². The Kier molecular flexibility index (Phi) is 5.86. The second-order valence-corrected chi connectivity index (χ2v) is 6.34. The highest BCUT2D eigenvalue weighted by Crippen LogP contribution is 2.22. The summed E-state index contributed by atoms with van der Waals surface area (Å²) in [6, 6.07) is 5.37. The highest BCUT2D eigenvalue weighted by molar-refractivity contribution is 8.00. The molecule has 1 amide bonds. The van der Waals surface area contributed by atoms with E-state index in [4.69, 9.17) is 5.26 Å². The molecule has 1 heterocycles. The Balaban J connectivity index is 1.94. The standard InChI is InChI=1S/C14H11F2N3OS2/c15-10-2-1-9(12(16)6-10)5-11-7-18-14(22-11)19-13(20)8-21-4-3-17/h1-2,6-7H,4-5,8H2,(H,18,19,20). The lowest BCUT2D eigenvalue weighted by Crippen LogP contribution is -2.13. The number of carbonyl (C=O) groups excluding carboxylic acids is 1. The molecule has 1 N–H and O–H groups in total. The number of halogens is 2. The Morgan fingerprint density at radius 2 is 2.27 bits per heavy atom. The van der Waals surface area contributed by atoms with Gasteiger partial charge in [0.2, 0.25) is 5.91 Å². The van der Waals surface area contributed by atoms with Gasteiger partial charge in [0, 0.05) is 23.6 Å². The normalized spacial score (nSPS) is 10.2. The molecule has 114 valence electrons. The summed E-state index contributed by atoms with van der Waals surface area (Å²) < 4.78 is 26.4. The molecule has 0 aliphatic rings. The Morgan fingerprint density at radius 3 is 3.00 bits per heavy atom. The van der Waals surface area contributed by atoms with Crippen molar-refractivity contribution < 1.29 is 13.6 Å². The van der Waals surface area contributed by atoms with Crippen molar-refractivity contribution in [3.63, 3.8) is 0 Å². The number of rotatable bonds is 6. The Hall–Kier alpha value is -1.98. The SMILES string of the molecule is N#CCSCC(=O)Nc1ncc(Cc2ccc(F)cc2F)s1. The fourth-order valence-corrected chi connectivity index (χ4v) is 2.95. The molecule has 0 bridgehead atoms. The molecule has 0 radical (unpaired) electrons. The highest BCUT2D eigenvalue weighted by atomic mass is 32.2. The van der Waals surface area contributed by atoms with Gasteiger partial charge in [0.15, 0.2) is 5.13 Å². The van der Waals surface area contributed by atoms with Crippen LogP contribution in [0.1, 0.15) is 10.4 Å². The molecule has 8 heteroatoms. The van der Waals surface area contributed by atoms with Gasteiger partial charge in [0.25, 0.3) is 0 Å². The van der Waals surface area contributed by atoms with Crippen LogP contribution in [0.5, 0.6) is 0 Å². The van der Waals surface area contributed by atoms with Gasteiger partial charge in [-0.2, -0.15) is 5.26 Å². The van der Waals surface area contributed by atoms with Crippen LogP contribution in [-0.4, -0.2) is 22.4 Å². The van der Waals surface area contributed by atoms with Crippen LogP contribution in [0.3, 0.4) is 0 Å². The first-order valence-corrected chi connectivity index (χ1v) is 8.19. The van der Waals surface area contributed by atoms with E-state index in [1.54, 1.807) is 6.20 Å². The number of nitriles is 1. The number of benzene rings is 1. The first-order chi connectivity index (χ1) is 10.6. The first-order valence-electron chi connectivity index (χ1n) is 6.21. The molecule has 0 aliphatic carbocycles. The van der Waals surface area contributed by atoms with Crippen LogP contribution in [0, 0.1) is 23.0 Å². The molecule has 0 saturated carbocycles. The summed E-state index contributed by atoms with van der Waals surface area (Å²) in [5.41, 5.74) is 0.368. The summed E-state index contributed by atoms with van der Waals surface area (Å²) in [5.74, 6) is -1.04. The van der Waals surface area contributed by atoms with Crippen molar-refractivity contribution in [3.05, 3.63) is 46.5 Å². The third-order valence-electron chi connectivity index (χ3n) is 2.58. The van der Waals surface area contributed by atoms with E-state index >= 15 is 0 Å². The van der Waals surface area contributed by atoms with E-state index in [0.29, 0.717) is 10.7 Å². The minimum Gasteiger partial charge on any atom is -0.301 e. The van der Waals surface area contributed by atoms with Gasteiger partial charge in [-0.1, -0.05) is 6.07 Å². The number of nitrogens with zero attached hydrogens (tertiary/aromatic N) is 2. The number of anilines is 1. The average Bonchev–Trinajstić information content (AvgIpc) is 2.89. The molecule has 0 unspecified atom stereocenters. The largest absolute Gasteiger partial charge is 0.301 e. The van der Waals surface area contributed by atoms with Crippen LogP contribution in [0.4, 0.5) is 13.9 Å². The number of nitrogens with one attached hydrogen (secondary N) is 1. The van der Waals surface area contributed by atoms with E-state index in [0.717, 1.165) is 10.9 Å². The lowest BCUT2D eigenvalue weighted by molar-refractivity contribution is -0.113. The van der Waals surface area contributed by atoms with Crippen LogP contribution >= 0.6 is 23.1 Å². The zero-order chi connectivity index (χ0) is 15.9. The fourth-order valence-electron chi connectivity index (χ4n) is 1.64. The summed E-state index contributed by atoms with van der Waals surface area (Å²) >= 11 is 2.44. The molecule has 0 spiro atoms. The van der Waals surface area contributed by atoms with Crippen molar-refractivity contribution in [1.29, 1.82) is 5.26 Å². The number of amides is 1. The van der Waals surface area contributed by atoms with Crippen molar-refractivity contribution in [3.8, 4) is 6.07 Å². The summed E-state index contributed by atoms with van der Waals surface area (Å²) in [4.78, 5) is 16.4. The fraction of sp³-hybridized carbons (Fsp3) is 0.214. The van der Waals surface area contributed by atoms with Gasteiger partial charge < -0.3 is 5.32 Å². The van der Waals surface area contributed by atoms with Gasteiger partial charge in [-0.25, -0.2) is 13.8 Å². The van der Waals surface area contributed by atoms with E-state index in [1.165, 1.54) is 35.2 Å². The number of hydrogen-bond donors (Lipinski definition) is 1. The predicted octanol–water partition coefficient (Wildman–Crippen LogP) is 3.21. The second kappa shape index (κ2) is 7.87. The molecule has 0 fully saturated rings. The van der Waals surface area contributed by atoms with Gasteiger partial charge in [-0.3, -0.25) is 4.79 Å². The number of thiazole rings is 1. The quantitative estimate of drug-likeness (QED) is 0.821. The van der Waals surface area contributed by atoms with Crippen molar-refractivity contribution in [1.82, 2.24) is 4.98 Å². The molecule has 0 atom stereocenters. The van der Waals surface area contributed by atoms with Crippen LogP contribution in [0.25, 0.3) is 0 Å². The van der Waals surface area contributed by atoms with Crippen LogP contribution in [-0.2, 0) is 11.2 Å². The number of thioether (sulfide) groups is 1. The molecule has 2 aromatic rings. The van der Waals surface area contributed by atoms with Crippen LogP contribution in [0.15, 0.2) is 24.4 Å². The molecule has 1 aromatic heterocycles. The molecular formula is C14H11F2N3OS2. The van der Waals surface area contributed by atoms with Crippen molar-refractivity contribution >= 4 is 34.1 Å². The van der Waals surface area contributed by atoms with E-state index in [1.807, 2.05) is 6.07 Å². The zero-order valence-corrected chi connectivity index (χ0v) is 12.9. The molecule has 0 saturated heterocycles. The van der Waals surface area contributed by atoms with E-state index in [9.17, 15) is 13.6 Å². The number of carbonyl (C=O) groups is 1. The Labute approximate surface area is 134 Å². The Bertz CT molecular complexity index is 712. The zero-order valence-electron chi connectivity index (χ0n) is 11.3. The molecule has 22 heavy (non-hydrogen) atoms. The van der Waals surface area contributed by atoms with Crippen molar-refractivity contribution in [2.24, 2.45) is 0 Å². The Morgan fingerprint density at radius 1 is 1.45 bits per heavy atom. The third kappa shape index (κ3) is 4.79. The topological polar surface area (TPSA) is 65.8 Å². The molecule has 4 nitrogen and oxygen atoms in total. The lowest BCUT2D eigenvalue weighted by Gasteiger charge is -2.01. The van der Waals surface area contributed by atoms with Crippen molar-refractivity contribution in [2.75, 3.05) is 16.8 Å². The summed E-state index contributed by atoms with van der Waals surface area (Å²) in [6.45, 7) is 0. The third-order valence-corrected chi connectivity index (χ3v) is 4.29. The molecule has 0 aliphatic heterocycles. The number of hydrogen-bond acceptors (Lipinski definition) is 5. The molecule has 1 aromatic carbocycles. The maximum atomic E-state index is 13.6. The lowest BCUT2D eigenvalue weighted by atomic mass is 10.1. The smallest absolute Gasteiger partial charge is 0.236 e. The minimum atomic E-state index is -0.617. The van der Waals surface area contributed by atoms with Crippen LogP contribution in [0.2, 0.25) is 0 Å². The van der Waals surface area contributed by atoms with Gasteiger partial charge in [-0.05, 0) is 11.6 Å². The second-order valence-electron chi connectivity index (χ2n) is 4.24. The van der Waals surface area contributed by atoms with Gasteiger partial charge in [-0.15, -0.1) is 23.1 Å². The maximum absolute atomic E-state index is 13.6. The molecule has 2 rings (SSSR count). The predicted molar refractivity (Wildman–Crippen MR) is 82.8 cm³/mol. The summed E-state index contributed by atoms with van der Waals surface area (Å²) in [5, 5.41) is 11.4. The van der Waals surface area contributed by atoms with Gasteiger partial charge in [0.05, 0.1) is 17.6 Å². The highest BCUT2D eigenvalue weighted by Gasteiger charge is 2.10. The van der Waals surface area contributed by atoms with E-state index < -0.39 is 11.6 Å². The monoisotopic (exact) mass is 339 g/mol. The van der Waals surface area contributed by atoms with E-state index in [-0.39, 0.29) is 23.8 Å². The average molecular weight is 339 g/mol. The minimum absolute atomic E-state index is 0.176. The van der Waals surface area contributed by atoms with Gasteiger partial charge >= 0.3 is 0 Å². The van der Waals surface area contributed by atoms with E-state index in [2.05, 4.69) is 10.3 Å². The maximum Gasteiger partial charge on any atom is 0.236 e. The summed E-state index contributed by atoms with van der Waals surface area (Å²) in [6.07, 6.45) is 1.83. The van der Waals surface area contributed by atoms with Gasteiger partial charge in [0.1, 0.15) is 11.6 Å². The van der Waals surface area contributed by atoms with Crippen molar-refractivity contribution in [2.45, 2.75) is 6.42 Å². The number of aromatic nitrogens is 1.